The van der Waals surface area contributed by atoms with Crippen LogP contribution in [0.2, 0.25) is 0 Å². The molecule has 0 saturated carbocycles. The molecule has 0 fully saturated rings. The summed E-state index contributed by atoms with van der Waals surface area (Å²) in [4.78, 5) is 4.40. The van der Waals surface area contributed by atoms with Crippen molar-refractivity contribution in [1.82, 2.24) is 10.4 Å². The second-order valence-electron chi connectivity index (χ2n) is 4.64. The Hall–Kier alpha value is -1.71. The summed E-state index contributed by atoms with van der Waals surface area (Å²) in [5, 5.41) is 0. The summed E-state index contributed by atoms with van der Waals surface area (Å²) in [5.74, 6) is 5.74. The Morgan fingerprint density at radius 3 is 2.22 bits per heavy atom. The minimum Gasteiger partial charge on any atom is -0.271 e. The van der Waals surface area contributed by atoms with Crippen molar-refractivity contribution in [1.29, 1.82) is 0 Å². The second kappa shape index (κ2) is 5.29. The Balaban J connectivity index is 2.48. The van der Waals surface area contributed by atoms with Crippen LogP contribution in [0.5, 0.6) is 0 Å². The predicted octanol–water partition coefficient (Wildman–Crippen LogP) is 2.56. The fraction of sp³-hybridized carbons (Fsp3) is 0.267. The molecule has 3 N–H and O–H groups in total. The molecule has 3 nitrogen and oxygen atoms in total. The molecule has 1 unspecified atom stereocenters. The molecule has 0 bridgehead atoms. The first-order chi connectivity index (χ1) is 8.61. The van der Waals surface area contributed by atoms with Gasteiger partial charge < -0.3 is 0 Å². The molecule has 0 radical (unpaired) electrons. The zero-order valence-electron chi connectivity index (χ0n) is 11.1. The SMILES string of the molecule is Cc1cc(C(NN)c2ccccc2C)cc(C)n1. The quantitative estimate of drug-likeness (QED) is 0.641. The lowest BCUT2D eigenvalue weighted by molar-refractivity contribution is 0.631. The number of pyridine rings is 1. The lowest BCUT2D eigenvalue weighted by Gasteiger charge is -2.19. The van der Waals surface area contributed by atoms with Crippen LogP contribution in [0, 0.1) is 20.8 Å². The second-order valence-corrected chi connectivity index (χ2v) is 4.64. The molecule has 1 atom stereocenters. The zero-order chi connectivity index (χ0) is 13.1. The largest absolute Gasteiger partial charge is 0.271 e. The number of aromatic nitrogens is 1. The Bertz CT molecular complexity index is 529. The number of aryl methyl sites for hydroxylation is 3. The van der Waals surface area contributed by atoms with Crippen LogP contribution in [0.3, 0.4) is 0 Å². The van der Waals surface area contributed by atoms with Gasteiger partial charge in [0.05, 0.1) is 6.04 Å². The first kappa shape index (κ1) is 12.7. The molecular formula is C15H19N3. The molecule has 0 aliphatic carbocycles. The average Bonchev–Trinajstić information content (AvgIpc) is 2.31. The normalized spacial score (nSPS) is 12.4. The molecule has 1 aromatic heterocycles. The minimum absolute atomic E-state index is 0.00611. The van der Waals surface area contributed by atoms with Gasteiger partial charge in [-0.15, -0.1) is 0 Å². The Labute approximate surface area is 108 Å². The van der Waals surface area contributed by atoms with Gasteiger partial charge in [-0.2, -0.15) is 0 Å². The minimum atomic E-state index is 0.00611. The Morgan fingerprint density at radius 2 is 1.67 bits per heavy atom. The molecule has 2 aromatic rings. The van der Waals surface area contributed by atoms with E-state index in [1.54, 1.807) is 0 Å². The van der Waals surface area contributed by atoms with Gasteiger partial charge in [-0.25, -0.2) is 5.43 Å². The molecule has 0 amide bonds. The van der Waals surface area contributed by atoms with Gasteiger partial charge in [0.2, 0.25) is 0 Å². The van der Waals surface area contributed by atoms with E-state index in [1.807, 2.05) is 26.0 Å². The van der Waals surface area contributed by atoms with Crippen LogP contribution in [0.1, 0.15) is 34.1 Å². The van der Waals surface area contributed by atoms with E-state index in [0.717, 1.165) is 17.0 Å². The van der Waals surface area contributed by atoms with E-state index in [0.29, 0.717) is 0 Å². The number of benzene rings is 1. The maximum Gasteiger partial charge on any atom is 0.0713 e. The molecule has 3 heteroatoms. The van der Waals surface area contributed by atoms with Crippen molar-refractivity contribution < 1.29 is 0 Å². The van der Waals surface area contributed by atoms with Crippen molar-refractivity contribution in [2.75, 3.05) is 0 Å². The number of rotatable bonds is 3. The number of hydrazine groups is 1. The molecular weight excluding hydrogens is 222 g/mol. The van der Waals surface area contributed by atoms with E-state index in [-0.39, 0.29) is 6.04 Å². The fourth-order valence-corrected chi connectivity index (χ4v) is 2.31. The summed E-state index contributed by atoms with van der Waals surface area (Å²) < 4.78 is 0. The first-order valence-corrected chi connectivity index (χ1v) is 6.08. The van der Waals surface area contributed by atoms with Gasteiger partial charge in [0.15, 0.2) is 0 Å². The maximum absolute atomic E-state index is 5.74. The fourth-order valence-electron chi connectivity index (χ4n) is 2.31. The maximum atomic E-state index is 5.74. The van der Waals surface area contributed by atoms with Gasteiger partial charge >= 0.3 is 0 Å². The van der Waals surface area contributed by atoms with Crippen molar-refractivity contribution in [2.24, 2.45) is 5.84 Å². The summed E-state index contributed by atoms with van der Waals surface area (Å²) in [6.45, 7) is 6.10. The third-order valence-corrected chi connectivity index (χ3v) is 3.10. The average molecular weight is 241 g/mol. The van der Waals surface area contributed by atoms with Crippen LogP contribution in [0.15, 0.2) is 36.4 Å². The van der Waals surface area contributed by atoms with Crippen LogP contribution >= 0.6 is 0 Å². The van der Waals surface area contributed by atoms with Crippen LogP contribution in [0.25, 0.3) is 0 Å². The van der Waals surface area contributed by atoms with E-state index < -0.39 is 0 Å². The third kappa shape index (κ3) is 2.58. The molecule has 0 aliphatic heterocycles. The van der Waals surface area contributed by atoms with Crippen LogP contribution in [-0.2, 0) is 0 Å². The van der Waals surface area contributed by atoms with Gasteiger partial charge in [0, 0.05) is 11.4 Å². The van der Waals surface area contributed by atoms with Crippen LogP contribution < -0.4 is 11.3 Å². The van der Waals surface area contributed by atoms with Crippen molar-refractivity contribution in [3.8, 4) is 0 Å². The van der Waals surface area contributed by atoms with E-state index in [1.165, 1.54) is 11.1 Å². The molecule has 0 saturated heterocycles. The molecule has 0 aliphatic rings. The lowest BCUT2D eigenvalue weighted by atomic mass is 9.95. The van der Waals surface area contributed by atoms with E-state index in [4.69, 9.17) is 5.84 Å². The number of hydrogen-bond donors (Lipinski definition) is 2. The zero-order valence-corrected chi connectivity index (χ0v) is 11.1. The van der Waals surface area contributed by atoms with Gasteiger partial charge in [0.1, 0.15) is 0 Å². The van der Waals surface area contributed by atoms with Gasteiger partial charge in [-0.1, -0.05) is 24.3 Å². The topological polar surface area (TPSA) is 50.9 Å². The van der Waals surface area contributed by atoms with Gasteiger partial charge in [0.25, 0.3) is 0 Å². The molecule has 94 valence electrons. The summed E-state index contributed by atoms with van der Waals surface area (Å²) in [7, 11) is 0. The Morgan fingerprint density at radius 1 is 1.06 bits per heavy atom. The van der Waals surface area contributed by atoms with E-state index in [2.05, 4.69) is 41.6 Å². The predicted molar refractivity (Wildman–Crippen MR) is 74.1 cm³/mol. The number of hydrogen-bond acceptors (Lipinski definition) is 3. The Kier molecular flexibility index (Phi) is 3.75. The standard InChI is InChI=1S/C15H19N3/c1-10-6-4-5-7-14(10)15(18-16)13-8-11(2)17-12(3)9-13/h4-9,15,18H,16H2,1-3H3. The highest BCUT2D eigenvalue weighted by Gasteiger charge is 2.15. The smallest absolute Gasteiger partial charge is 0.0713 e. The first-order valence-electron chi connectivity index (χ1n) is 6.08. The van der Waals surface area contributed by atoms with Crippen molar-refractivity contribution in [2.45, 2.75) is 26.8 Å². The van der Waals surface area contributed by atoms with Gasteiger partial charge in [-0.05, 0) is 49.6 Å². The van der Waals surface area contributed by atoms with Crippen molar-refractivity contribution >= 4 is 0 Å². The van der Waals surface area contributed by atoms with E-state index >= 15 is 0 Å². The van der Waals surface area contributed by atoms with Crippen LogP contribution in [-0.4, -0.2) is 4.98 Å². The molecule has 1 heterocycles. The molecule has 1 aromatic carbocycles. The summed E-state index contributed by atoms with van der Waals surface area (Å²) >= 11 is 0. The number of nitrogens with zero attached hydrogens (tertiary/aromatic N) is 1. The summed E-state index contributed by atoms with van der Waals surface area (Å²) in [6.07, 6.45) is 0. The highest BCUT2D eigenvalue weighted by molar-refractivity contribution is 5.37. The molecule has 2 rings (SSSR count). The third-order valence-electron chi connectivity index (χ3n) is 3.10. The summed E-state index contributed by atoms with van der Waals surface area (Å²) in [5.41, 5.74) is 8.51. The highest BCUT2D eigenvalue weighted by atomic mass is 15.2. The molecule has 0 spiro atoms. The van der Waals surface area contributed by atoms with E-state index in [9.17, 15) is 0 Å². The molecule has 18 heavy (non-hydrogen) atoms. The van der Waals surface area contributed by atoms with Crippen molar-refractivity contribution in [3.63, 3.8) is 0 Å². The summed E-state index contributed by atoms with van der Waals surface area (Å²) in [6, 6.07) is 12.4. The van der Waals surface area contributed by atoms with Crippen LogP contribution in [0.4, 0.5) is 0 Å². The monoisotopic (exact) mass is 241 g/mol. The number of nitrogens with one attached hydrogen (secondary N) is 1. The van der Waals surface area contributed by atoms with Crippen molar-refractivity contribution in [3.05, 3.63) is 64.5 Å². The van der Waals surface area contributed by atoms with Gasteiger partial charge in [-0.3, -0.25) is 10.8 Å². The lowest BCUT2D eigenvalue weighted by Crippen LogP contribution is -2.29. The number of nitrogens with two attached hydrogens (primary N) is 1. The highest BCUT2D eigenvalue weighted by Crippen LogP contribution is 2.24.